The van der Waals surface area contributed by atoms with E-state index in [2.05, 4.69) is 4.98 Å². The van der Waals surface area contributed by atoms with Crippen molar-refractivity contribution < 1.29 is 9.53 Å². The van der Waals surface area contributed by atoms with Gasteiger partial charge in [0.2, 0.25) is 0 Å². The van der Waals surface area contributed by atoms with Gasteiger partial charge in [0, 0.05) is 12.3 Å². The average molecular weight is 336 g/mol. The number of hydrogen-bond acceptors (Lipinski definition) is 4. The Bertz CT molecular complexity index is 948. The second kappa shape index (κ2) is 7.30. The maximum atomic E-state index is 12.4. The summed E-state index contributed by atoms with van der Waals surface area (Å²) in [5, 5.41) is 0. The molecule has 0 fully saturated rings. The highest BCUT2D eigenvalue weighted by atomic mass is 16.5. The quantitative estimate of drug-likeness (QED) is 0.671. The van der Waals surface area contributed by atoms with Crippen LogP contribution in [0.4, 0.5) is 0 Å². The Morgan fingerprint density at radius 1 is 1.20 bits per heavy atom. The predicted molar refractivity (Wildman–Crippen MR) is 95.5 cm³/mol. The molecule has 25 heavy (non-hydrogen) atoms. The Morgan fingerprint density at radius 3 is 2.68 bits per heavy atom. The zero-order chi connectivity index (χ0) is 17.8. The molecule has 3 rings (SSSR count). The normalized spacial score (nSPS) is 12.1. The number of esters is 1. The topological polar surface area (TPSA) is 60.7 Å². The van der Waals surface area contributed by atoms with Crippen LogP contribution in [0.3, 0.4) is 0 Å². The van der Waals surface area contributed by atoms with Crippen LogP contribution in [-0.4, -0.2) is 15.4 Å². The van der Waals surface area contributed by atoms with Crippen LogP contribution >= 0.6 is 0 Å². The lowest BCUT2D eigenvalue weighted by Gasteiger charge is -2.14. The van der Waals surface area contributed by atoms with Crippen molar-refractivity contribution in [2.24, 2.45) is 0 Å². The minimum atomic E-state index is -0.315. The van der Waals surface area contributed by atoms with Gasteiger partial charge in [-0.25, -0.2) is 4.98 Å². The average Bonchev–Trinajstić information content (AvgIpc) is 2.62. The molecule has 1 aromatic carbocycles. The lowest BCUT2D eigenvalue weighted by molar-refractivity contribution is -0.147. The number of hydrogen-bond donors (Lipinski definition) is 0. The minimum absolute atomic E-state index is 0.0117. The standard InChI is InChI=1S/C20H20N2O3/c1-3-17(15-9-5-4-6-10-15)20(24)25-13-16-12-18(23)22-11-7-8-14(2)19(22)21-16/h4-12,17H,3,13H2,1-2H3. The molecule has 2 aromatic heterocycles. The van der Waals surface area contributed by atoms with Crippen molar-refractivity contribution in [3.05, 3.63) is 81.9 Å². The van der Waals surface area contributed by atoms with Gasteiger partial charge in [-0.3, -0.25) is 14.0 Å². The first-order chi connectivity index (χ1) is 12.1. The number of nitrogens with zero attached hydrogens (tertiary/aromatic N) is 2. The van der Waals surface area contributed by atoms with E-state index in [1.54, 1.807) is 12.3 Å². The molecule has 0 spiro atoms. The molecule has 5 nitrogen and oxygen atoms in total. The summed E-state index contributed by atoms with van der Waals surface area (Å²) in [4.78, 5) is 29.1. The van der Waals surface area contributed by atoms with Gasteiger partial charge in [0.15, 0.2) is 0 Å². The van der Waals surface area contributed by atoms with Gasteiger partial charge in [0.1, 0.15) is 12.3 Å². The van der Waals surface area contributed by atoms with Gasteiger partial charge in [-0.15, -0.1) is 0 Å². The molecule has 0 aliphatic rings. The van der Waals surface area contributed by atoms with Crippen molar-refractivity contribution in [3.8, 4) is 0 Å². The van der Waals surface area contributed by atoms with E-state index < -0.39 is 0 Å². The number of aryl methyl sites for hydroxylation is 1. The summed E-state index contributed by atoms with van der Waals surface area (Å²) in [5.74, 6) is -0.620. The summed E-state index contributed by atoms with van der Waals surface area (Å²) >= 11 is 0. The van der Waals surface area contributed by atoms with Crippen LogP contribution < -0.4 is 5.56 Å². The Kier molecular flexibility index (Phi) is 4.93. The van der Waals surface area contributed by atoms with Crippen molar-refractivity contribution in [1.29, 1.82) is 0 Å². The Labute approximate surface area is 145 Å². The molecule has 2 heterocycles. The maximum Gasteiger partial charge on any atom is 0.313 e. The predicted octanol–water partition coefficient (Wildman–Crippen LogP) is 3.24. The molecule has 0 bridgehead atoms. The van der Waals surface area contributed by atoms with Gasteiger partial charge in [-0.05, 0) is 30.5 Å². The summed E-state index contributed by atoms with van der Waals surface area (Å²) in [6.45, 7) is 3.82. The largest absolute Gasteiger partial charge is 0.459 e. The molecule has 0 aliphatic carbocycles. The van der Waals surface area contributed by atoms with E-state index in [0.29, 0.717) is 17.8 Å². The molecule has 1 atom stereocenters. The fourth-order valence-electron chi connectivity index (χ4n) is 2.85. The molecule has 1 unspecified atom stereocenters. The van der Waals surface area contributed by atoms with Crippen LogP contribution in [0, 0.1) is 6.92 Å². The van der Waals surface area contributed by atoms with Crippen LogP contribution in [0.5, 0.6) is 0 Å². The third-order valence-corrected chi connectivity index (χ3v) is 4.20. The molecule has 0 radical (unpaired) electrons. The number of carbonyl (C=O) groups excluding carboxylic acids is 1. The second-order valence-electron chi connectivity index (χ2n) is 5.95. The van der Waals surface area contributed by atoms with E-state index in [0.717, 1.165) is 11.1 Å². The first-order valence-corrected chi connectivity index (χ1v) is 8.29. The lowest BCUT2D eigenvalue weighted by Crippen LogP contribution is -2.19. The first kappa shape index (κ1) is 16.9. The highest BCUT2D eigenvalue weighted by molar-refractivity contribution is 5.78. The summed E-state index contributed by atoms with van der Waals surface area (Å²) in [7, 11) is 0. The van der Waals surface area contributed by atoms with Crippen molar-refractivity contribution in [2.75, 3.05) is 0 Å². The maximum absolute atomic E-state index is 12.4. The zero-order valence-electron chi connectivity index (χ0n) is 14.3. The number of rotatable bonds is 5. The summed E-state index contributed by atoms with van der Waals surface area (Å²) in [5.41, 5.74) is 2.67. The fraction of sp³-hybridized carbons (Fsp3) is 0.250. The molecular formula is C20H20N2O3. The number of pyridine rings is 1. The molecular weight excluding hydrogens is 316 g/mol. The fourth-order valence-corrected chi connectivity index (χ4v) is 2.85. The first-order valence-electron chi connectivity index (χ1n) is 8.29. The van der Waals surface area contributed by atoms with E-state index in [1.165, 1.54) is 10.5 Å². The second-order valence-corrected chi connectivity index (χ2v) is 5.95. The molecule has 0 saturated carbocycles. The molecule has 5 heteroatoms. The number of aromatic nitrogens is 2. The highest BCUT2D eigenvalue weighted by Crippen LogP contribution is 2.21. The van der Waals surface area contributed by atoms with Gasteiger partial charge < -0.3 is 4.74 Å². The monoisotopic (exact) mass is 336 g/mol. The van der Waals surface area contributed by atoms with Crippen LogP contribution in [0.15, 0.2) is 59.5 Å². The van der Waals surface area contributed by atoms with Crippen LogP contribution in [-0.2, 0) is 16.1 Å². The van der Waals surface area contributed by atoms with Gasteiger partial charge >= 0.3 is 5.97 Å². The summed E-state index contributed by atoms with van der Waals surface area (Å²) in [6, 6.07) is 14.6. The van der Waals surface area contributed by atoms with E-state index in [4.69, 9.17) is 4.74 Å². The Hall–Kier alpha value is -2.95. The summed E-state index contributed by atoms with van der Waals surface area (Å²) < 4.78 is 6.92. The Morgan fingerprint density at radius 2 is 1.96 bits per heavy atom. The number of fused-ring (bicyclic) bond motifs is 1. The molecule has 0 amide bonds. The third-order valence-electron chi connectivity index (χ3n) is 4.20. The van der Waals surface area contributed by atoms with Gasteiger partial charge in [0.05, 0.1) is 11.6 Å². The smallest absolute Gasteiger partial charge is 0.313 e. The van der Waals surface area contributed by atoms with Crippen molar-refractivity contribution >= 4 is 11.6 Å². The molecule has 3 aromatic rings. The third kappa shape index (κ3) is 3.60. The van der Waals surface area contributed by atoms with Gasteiger partial charge in [0.25, 0.3) is 5.56 Å². The summed E-state index contributed by atoms with van der Waals surface area (Å²) in [6.07, 6.45) is 2.33. The van der Waals surface area contributed by atoms with Crippen molar-refractivity contribution in [1.82, 2.24) is 9.38 Å². The van der Waals surface area contributed by atoms with E-state index in [1.807, 2.05) is 50.2 Å². The number of ether oxygens (including phenoxy) is 1. The van der Waals surface area contributed by atoms with E-state index >= 15 is 0 Å². The van der Waals surface area contributed by atoms with Crippen LogP contribution in [0.25, 0.3) is 5.65 Å². The Balaban J connectivity index is 1.79. The van der Waals surface area contributed by atoms with Crippen molar-refractivity contribution in [3.63, 3.8) is 0 Å². The highest BCUT2D eigenvalue weighted by Gasteiger charge is 2.20. The lowest BCUT2D eigenvalue weighted by atomic mass is 9.97. The molecule has 0 saturated heterocycles. The van der Waals surface area contributed by atoms with Gasteiger partial charge in [-0.2, -0.15) is 0 Å². The van der Waals surface area contributed by atoms with Crippen LogP contribution in [0.1, 0.15) is 36.1 Å². The van der Waals surface area contributed by atoms with Crippen LogP contribution in [0.2, 0.25) is 0 Å². The zero-order valence-corrected chi connectivity index (χ0v) is 14.3. The number of benzene rings is 1. The number of carbonyl (C=O) groups is 1. The molecule has 0 N–H and O–H groups in total. The van der Waals surface area contributed by atoms with E-state index in [-0.39, 0.29) is 24.1 Å². The SMILES string of the molecule is CCC(C(=O)OCc1cc(=O)n2cccc(C)c2n1)c1ccccc1. The van der Waals surface area contributed by atoms with E-state index in [9.17, 15) is 9.59 Å². The minimum Gasteiger partial charge on any atom is -0.459 e. The van der Waals surface area contributed by atoms with Gasteiger partial charge in [-0.1, -0.05) is 43.3 Å². The molecule has 0 aliphatic heterocycles. The van der Waals surface area contributed by atoms with Crippen molar-refractivity contribution in [2.45, 2.75) is 32.8 Å². The molecule has 128 valence electrons.